The van der Waals surface area contributed by atoms with Crippen LogP contribution in [0.4, 0.5) is 0 Å². The van der Waals surface area contributed by atoms with E-state index in [0.717, 1.165) is 0 Å². The summed E-state index contributed by atoms with van der Waals surface area (Å²) in [6.07, 6.45) is 0. The molecule has 1 aromatic carbocycles. The summed E-state index contributed by atoms with van der Waals surface area (Å²) < 4.78 is 0. The van der Waals surface area contributed by atoms with Gasteiger partial charge in [-0.2, -0.15) is 0 Å². The normalized spacial score (nSPS) is 23.5. The molecular formula is C11H10NO4S-. The number of benzene rings is 1. The van der Waals surface area contributed by atoms with Gasteiger partial charge in [0, 0.05) is 11.1 Å². The van der Waals surface area contributed by atoms with E-state index in [0.29, 0.717) is 11.3 Å². The van der Waals surface area contributed by atoms with Crippen molar-refractivity contribution >= 4 is 23.7 Å². The minimum atomic E-state index is -1.24. The van der Waals surface area contributed by atoms with Gasteiger partial charge in [0.2, 0.25) is 0 Å². The zero-order valence-electron chi connectivity index (χ0n) is 8.79. The van der Waals surface area contributed by atoms with Crippen LogP contribution in [0.15, 0.2) is 24.3 Å². The molecule has 1 aliphatic heterocycles. The fourth-order valence-corrected chi connectivity index (χ4v) is 3.15. The van der Waals surface area contributed by atoms with Gasteiger partial charge in [0.05, 0.1) is 11.7 Å². The molecule has 90 valence electrons. The van der Waals surface area contributed by atoms with E-state index in [9.17, 15) is 19.8 Å². The highest BCUT2D eigenvalue weighted by Gasteiger charge is 2.32. The standard InChI is InChI=1S/C11H11NO4S/c13-10(14)7-4-2-1-3-6(7)9-12-8(5-17-9)11(15)16/h1-4,8-9,12H,5H2,(H,13,14)(H,15,16)/p-1/t8-,9+/m1/s1. The molecule has 1 aromatic rings. The van der Waals surface area contributed by atoms with Crippen LogP contribution in [0.2, 0.25) is 0 Å². The molecule has 2 N–H and O–H groups in total. The van der Waals surface area contributed by atoms with Gasteiger partial charge in [0.15, 0.2) is 5.37 Å². The fourth-order valence-electron chi connectivity index (χ4n) is 1.80. The third-order valence-electron chi connectivity index (χ3n) is 2.65. The van der Waals surface area contributed by atoms with Crippen molar-refractivity contribution in [3.8, 4) is 0 Å². The summed E-state index contributed by atoms with van der Waals surface area (Å²) in [5.74, 6) is -1.95. The summed E-state index contributed by atoms with van der Waals surface area (Å²) in [5.41, 5.74) is 0.696. The smallest absolute Gasteiger partial charge is 0.160 e. The second kappa shape index (κ2) is 4.77. The Balaban J connectivity index is 2.24. The lowest BCUT2D eigenvalue weighted by atomic mass is 10.1. The molecule has 1 saturated heterocycles. The maximum Gasteiger partial charge on any atom is 0.160 e. The Morgan fingerprint density at radius 1 is 1.29 bits per heavy atom. The molecule has 2 atom stereocenters. The lowest BCUT2D eigenvalue weighted by molar-refractivity contribution is -0.690. The van der Waals surface area contributed by atoms with Gasteiger partial charge in [-0.15, -0.1) is 0 Å². The van der Waals surface area contributed by atoms with E-state index in [1.54, 1.807) is 23.5 Å². The number of quaternary nitrogens is 1. The monoisotopic (exact) mass is 252 g/mol. The van der Waals surface area contributed by atoms with E-state index >= 15 is 0 Å². The Labute approximate surface area is 102 Å². The number of hydrogen-bond donors (Lipinski definition) is 1. The molecule has 0 aliphatic carbocycles. The van der Waals surface area contributed by atoms with Gasteiger partial charge in [-0.1, -0.05) is 36.0 Å². The largest absolute Gasteiger partial charge is 0.545 e. The molecule has 17 heavy (non-hydrogen) atoms. The average Bonchev–Trinajstić information content (AvgIpc) is 2.78. The molecule has 5 nitrogen and oxygen atoms in total. The lowest BCUT2D eigenvalue weighted by Crippen LogP contribution is -2.90. The second-order valence-electron chi connectivity index (χ2n) is 3.75. The summed E-state index contributed by atoms with van der Waals surface area (Å²) in [4.78, 5) is 21.6. The molecule has 1 aliphatic rings. The lowest BCUT2D eigenvalue weighted by Gasteiger charge is -2.15. The van der Waals surface area contributed by atoms with Crippen molar-refractivity contribution in [2.75, 3.05) is 5.75 Å². The first kappa shape index (κ1) is 11.9. The molecule has 0 unspecified atom stereocenters. The second-order valence-corrected chi connectivity index (χ2v) is 4.92. The number of hydrogen-bond acceptors (Lipinski definition) is 5. The number of carboxylic acid groups (broad SMARTS) is 2. The highest BCUT2D eigenvalue weighted by Crippen LogP contribution is 2.28. The van der Waals surface area contributed by atoms with E-state index in [-0.39, 0.29) is 10.9 Å². The molecule has 1 heterocycles. The molecule has 2 rings (SSSR count). The van der Waals surface area contributed by atoms with Crippen LogP contribution in [0.25, 0.3) is 0 Å². The van der Waals surface area contributed by atoms with Crippen molar-refractivity contribution in [1.29, 1.82) is 0 Å². The minimum absolute atomic E-state index is 0.111. The van der Waals surface area contributed by atoms with Gasteiger partial charge < -0.3 is 25.1 Å². The van der Waals surface area contributed by atoms with E-state index in [1.165, 1.54) is 17.8 Å². The Morgan fingerprint density at radius 2 is 2.00 bits per heavy atom. The predicted molar refractivity (Wildman–Crippen MR) is 56.7 cm³/mol. The fraction of sp³-hybridized carbons (Fsp3) is 0.273. The molecular weight excluding hydrogens is 242 g/mol. The third kappa shape index (κ3) is 2.42. The molecule has 6 heteroatoms. The molecule has 0 amide bonds. The Morgan fingerprint density at radius 3 is 2.59 bits per heavy atom. The number of carbonyl (C=O) groups is 2. The summed E-state index contributed by atoms with van der Waals surface area (Å²) in [7, 11) is 0. The third-order valence-corrected chi connectivity index (χ3v) is 3.97. The van der Waals surface area contributed by atoms with Crippen molar-refractivity contribution in [2.24, 2.45) is 0 Å². The van der Waals surface area contributed by atoms with Gasteiger partial charge in [0.25, 0.3) is 0 Å². The molecule has 0 spiro atoms. The summed E-state index contributed by atoms with van der Waals surface area (Å²) in [6, 6.07) is 5.86. The van der Waals surface area contributed by atoms with E-state index in [1.807, 2.05) is 0 Å². The Hall–Kier alpha value is -1.53. The topological polar surface area (TPSA) is 96.9 Å². The van der Waals surface area contributed by atoms with E-state index in [2.05, 4.69) is 0 Å². The van der Waals surface area contributed by atoms with Gasteiger partial charge in [-0.25, -0.2) is 0 Å². The van der Waals surface area contributed by atoms with Crippen molar-refractivity contribution in [3.05, 3.63) is 35.4 Å². The molecule has 0 bridgehead atoms. The van der Waals surface area contributed by atoms with Crippen molar-refractivity contribution in [1.82, 2.24) is 0 Å². The number of nitrogens with two attached hydrogens (primary N) is 1. The van der Waals surface area contributed by atoms with Crippen LogP contribution in [-0.4, -0.2) is 23.7 Å². The van der Waals surface area contributed by atoms with Crippen LogP contribution < -0.4 is 15.5 Å². The zero-order valence-corrected chi connectivity index (χ0v) is 9.61. The minimum Gasteiger partial charge on any atom is -0.545 e. The van der Waals surface area contributed by atoms with E-state index < -0.39 is 18.0 Å². The average molecular weight is 252 g/mol. The van der Waals surface area contributed by atoms with Crippen LogP contribution in [-0.2, 0) is 4.79 Å². The van der Waals surface area contributed by atoms with Crippen LogP contribution in [0.1, 0.15) is 21.3 Å². The molecule has 1 fully saturated rings. The van der Waals surface area contributed by atoms with E-state index in [4.69, 9.17) is 0 Å². The molecule has 0 aromatic heterocycles. The number of thioether (sulfide) groups is 1. The number of carbonyl (C=O) groups excluding carboxylic acids is 2. The van der Waals surface area contributed by atoms with Gasteiger partial charge in [-0.05, 0) is 0 Å². The quantitative estimate of drug-likeness (QED) is 0.640. The van der Waals surface area contributed by atoms with Crippen molar-refractivity contribution < 1.29 is 25.1 Å². The summed E-state index contributed by atoms with van der Waals surface area (Å²) >= 11 is 1.40. The van der Waals surface area contributed by atoms with Crippen molar-refractivity contribution in [3.63, 3.8) is 0 Å². The van der Waals surface area contributed by atoms with Gasteiger partial charge in [0.1, 0.15) is 12.0 Å². The van der Waals surface area contributed by atoms with Gasteiger partial charge >= 0.3 is 0 Å². The number of aromatic carboxylic acids is 1. The molecule has 0 radical (unpaired) electrons. The van der Waals surface area contributed by atoms with Crippen LogP contribution in [0.3, 0.4) is 0 Å². The number of carboxylic acids is 2. The maximum absolute atomic E-state index is 10.9. The highest BCUT2D eigenvalue weighted by atomic mass is 32.2. The Kier molecular flexibility index (Phi) is 3.35. The van der Waals surface area contributed by atoms with Crippen molar-refractivity contribution in [2.45, 2.75) is 11.4 Å². The number of rotatable bonds is 3. The number of aliphatic carboxylic acids is 1. The van der Waals surface area contributed by atoms with Crippen LogP contribution in [0.5, 0.6) is 0 Å². The predicted octanol–water partition coefficient (Wildman–Crippen LogP) is -2.52. The first-order chi connectivity index (χ1) is 8.09. The summed E-state index contributed by atoms with van der Waals surface area (Å²) in [5, 5.41) is 23.0. The molecule has 0 saturated carbocycles. The maximum atomic E-state index is 10.9. The Bertz CT molecular complexity index is 463. The first-order valence-electron chi connectivity index (χ1n) is 5.07. The van der Waals surface area contributed by atoms with Crippen LogP contribution >= 0.6 is 11.8 Å². The van der Waals surface area contributed by atoms with Crippen LogP contribution in [0, 0.1) is 0 Å². The van der Waals surface area contributed by atoms with Gasteiger partial charge in [-0.3, -0.25) is 0 Å². The highest BCUT2D eigenvalue weighted by molar-refractivity contribution is 7.99. The summed E-state index contributed by atoms with van der Waals surface area (Å²) in [6.45, 7) is 0. The zero-order chi connectivity index (χ0) is 12.4. The first-order valence-corrected chi connectivity index (χ1v) is 6.12. The SMILES string of the molecule is O=C([O-])c1ccccc1[C@H]1[NH2+][C@@H](C(=O)[O-])CS1.